The number of rotatable bonds is 2. The second kappa shape index (κ2) is 5.73. The molecule has 0 saturated carbocycles. The van der Waals surface area contributed by atoms with Crippen molar-refractivity contribution in [3.8, 4) is 0 Å². The van der Waals surface area contributed by atoms with Gasteiger partial charge in [0.05, 0.1) is 5.56 Å². The summed E-state index contributed by atoms with van der Waals surface area (Å²) in [5, 5.41) is 10.1. The summed E-state index contributed by atoms with van der Waals surface area (Å²) in [6.07, 6.45) is -6.39. The molecule has 0 aliphatic heterocycles. The maximum atomic E-state index is 13.2. The van der Waals surface area contributed by atoms with Crippen LogP contribution < -0.4 is 0 Å². The largest absolute Gasteiger partial charge is 0.419 e. The van der Waals surface area contributed by atoms with Crippen molar-refractivity contribution in [3.05, 3.63) is 69.2 Å². The average Bonchev–Trinajstić information content (AvgIpc) is 2.40. The fourth-order valence-electron chi connectivity index (χ4n) is 1.83. The van der Waals surface area contributed by atoms with E-state index in [1.807, 2.05) is 0 Å². The van der Waals surface area contributed by atoms with Crippen LogP contribution in [0.25, 0.3) is 0 Å². The van der Waals surface area contributed by atoms with Gasteiger partial charge in [-0.05, 0) is 35.9 Å². The lowest BCUT2D eigenvalue weighted by molar-refractivity contribution is -0.140. The van der Waals surface area contributed by atoms with Crippen LogP contribution in [0.5, 0.6) is 0 Å². The Hall–Kier alpha value is -1.47. The Bertz CT molecular complexity index is 669. The van der Waals surface area contributed by atoms with E-state index in [0.29, 0.717) is 16.6 Å². The molecular formula is C14H8BrF5O. The molecule has 2 aromatic rings. The predicted molar refractivity (Wildman–Crippen MR) is 69.6 cm³/mol. The van der Waals surface area contributed by atoms with Crippen molar-refractivity contribution in [2.75, 3.05) is 0 Å². The number of benzene rings is 2. The Morgan fingerprint density at radius 1 is 1.00 bits per heavy atom. The van der Waals surface area contributed by atoms with Crippen LogP contribution in [-0.2, 0) is 6.18 Å². The molecule has 112 valence electrons. The summed E-state index contributed by atoms with van der Waals surface area (Å²) in [4.78, 5) is 0. The zero-order chi connectivity index (χ0) is 15.8. The minimum absolute atomic E-state index is 0.0507. The van der Waals surface area contributed by atoms with E-state index in [1.165, 1.54) is 6.07 Å². The first-order valence-electron chi connectivity index (χ1n) is 5.70. The zero-order valence-corrected chi connectivity index (χ0v) is 11.8. The molecular weight excluding hydrogens is 359 g/mol. The molecule has 0 bridgehead atoms. The lowest BCUT2D eigenvalue weighted by Gasteiger charge is -2.16. The van der Waals surface area contributed by atoms with Crippen LogP contribution in [-0.4, -0.2) is 5.11 Å². The van der Waals surface area contributed by atoms with Gasteiger partial charge in [0.1, 0.15) is 17.7 Å². The highest BCUT2D eigenvalue weighted by molar-refractivity contribution is 9.10. The third-order valence-electron chi connectivity index (χ3n) is 2.86. The Morgan fingerprint density at radius 3 is 2.29 bits per heavy atom. The minimum atomic E-state index is -4.88. The van der Waals surface area contributed by atoms with Crippen LogP contribution in [0.15, 0.2) is 40.9 Å². The van der Waals surface area contributed by atoms with Gasteiger partial charge in [0.2, 0.25) is 0 Å². The SMILES string of the molecule is OC(c1ccc(F)c(C(F)(F)F)c1)c1cc(F)ccc1Br. The number of alkyl halides is 3. The summed E-state index contributed by atoms with van der Waals surface area (Å²) in [5.41, 5.74) is -1.61. The molecule has 0 saturated heterocycles. The van der Waals surface area contributed by atoms with E-state index in [4.69, 9.17) is 0 Å². The minimum Gasteiger partial charge on any atom is -0.384 e. The van der Waals surface area contributed by atoms with Gasteiger partial charge in [-0.25, -0.2) is 8.78 Å². The highest BCUT2D eigenvalue weighted by Gasteiger charge is 2.34. The van der Waals surface area contributed by atoms with Crippen LogP contribution in [0.1, 0.15) is 22.8 Å². The van der Waals surface area contributed by atoms with Crippen molar-refractivity contribution in [3.63, 3.8) is 0 Å². The summed E-state index contributed by atoms with van der Waals surface area (Å²) in [6.45, 7) is 0. The summed E-state index contributed by atoms with van der Waals surface area (Å²) >= 11 is 3.08. The third kappa shape index (κ3) is 3.41. The summed E-state index contributed by atoms with van der Waals surface area (Å²) in [5.74, 6) is -2.08. The van der Waals surface area contributed by atoms with Gasteiger partial charge in [-0.1, -0.05) is 22.0 Å². The van der Waals surface area contributed by atoms with Crippen molar-refractivity contribution in [1.82, 2.24) is 0 Å². The first-order chi connectivity index (χ1) is 9.70. The molecule has 21 heavy (non-hydrogen) atoms. The molecule has 0 heterocycles. The van der Waals surface area contributed by atoms with Crippen molar-refractivity contribution >= 4 is 15.9 Å². The normalized spacial score (nSPS) is 13.3. The molecule has 2 rings (SSSR count). The number of halogens is 6. The van der Waals surface area contributed by atoms with Gasteiger partial charge in [0.25, 0.3) is 0 Å². The fraction of sp³-hybridized carbons (Fsp3) is 0.143. The molecule has 0 amide bonds. The molecule has 0 radical (unpaired) electrons. The van der Waals surface area contributed by atoms with Crippen molar-refractivity contribution in [2.24, 2.45) is 0 Å². The fourth-order valence-corrected chi connectivity index (χ4v) is 2.30. The highest BCUT2D eigenvalue weighted by Crippen LogP contribution is 2.35. The predicted octanol–water partition coefficient (Wildman–Crippen LogP) is 4.83. The van der Waals surface area contributed by atoms with E-state index >= 15 is 0 Å². The van der Waals surface area contributed by atoms with E-state index in [2.05, 4.69) is 15.9 Å². The molecule has 0 aliphatic carbocycles. The van der Waals surface area contributed by atoms with Gasteiger partial charge in [-0.15, -0.1) is 0 Å². The molecule has 7 heteroatoms. The van der Waals surface area contributed by atoms with Gasteiger partial charge in [-0.2, -0.15) is 13.2 Å². The summed E-state index contributed by atoms with van der Waals surface area (Å²) < 4.78 is 64.7. The first-order valence-corrected chi connectivity index (χ1v) is 6.49. The lowest BCUT2D eigenvalue weighted by atomic mass is 9.99. The molecule has 0 aromatic heterocycles. The summed E-state index contributed by atoms with van der Waals surface area (Å²) in [6, 6.07) is 5.60. The number of aliphatic hydroxyl groups excluding tert-OH is 1. The van der Waals surface area contributed by atoms with Crippen molar-refractivity contribution in [2.45, 2.75) is 12.3 Å². The van der Waals surface area contributed by atoms with E-state index < -0.39 is 29.5 Å². The van der Waals surface area contributed by atoms with Crippen LogP contribution >= 0.6 is 15.9 Å². The van der Waals surface area contributed by atoms with Gasteiger partial charge in [0.15, 0.2) is 0 Å². The van der Waals surface area contributed by atoms with E-state index in [-0.39, 0.29) is 11.1 Å². The standard InChI is InChI=1S/C14H8BrF5O/c15-11-3-2-8(16)6-9(11)13(21)7-1-4-12(17)10(5-7)14(18,19)20/h1-6,13,21H. The molecule has 1 nitrogen and oxygen atoms in total. The van der Waals surface area contributed by atoms with Crippen LogP contribution in [0.2, 0.25) is 0 Å². The maximum Gasteiger partial charge on any atom is 0.419 e. The average molecular weight is 367 g/mol. The highest BCUT2D eigenvalue weighted by atomic mass is 79.9. The summed E-state index contributed by atoms with van der Waals surface area (Å²) in [7, 11) is 0. The van der Waals surface area contributed by atoms with Crippen LogP contribution in [0.3, 0.4) is 0 Å². The van der Waals surface area contributed by atoms with E-state index in [9.17, 15) is 27.1 Å². The monoisotopic (exact) mass is 366 g/mol. The quantitative estimate of drug-likeness (QED) is 0.755. The topological polar surface area (TPSA) is 20.2 Å². The third-order valence-corrected chi connectivity index (χ3v) is 3.59. The molecule has 1 N–H and O–H groups in total. The maximum absolute atomic E-state index is 13.2. The molecule has 1 unspecified atom stereocenters. The Labute approximate surface area is 125 Å². The number of aliphatic hydroxyl groups is 1. The number of hydrogen-bond donors (Lipinski definition) is 1. The van der Waals surface area contributed by atoms with Gasteiger partial charge in [0, 0.05) is 10.0 Å². The smallest absolute Gasteiger partial charge is 0.384 e. The first kappa shape index (κ1) is 15.9. The lowest BCUT2D eigenvalue weighted by Crippen LogP contribution is -2.10. The van der Waals surface area contributed by atoms with Crippen LogP contribution in [0, 0.1) is 11.6 Å². The van der Waals surface area contributed by atoms with E-state index in [1.54, 1.807) is 0 Å². The van der Waals surface area contributed by atoms with Gasteiger partial charge < -0.3 is 5.11 Å². The second-order valence-electron chi connectivity index (χ2n) is 4.31. The van der Waals surface area contributed by atoms with Crippen molar-refractivity contribution in [1.29, 1.82) is 0 Å². The number of hydrogen-bond acceptors (Lipinski definition) is 1. The molecule has 0 aliphatic rings. The zero-order valence-electron chi connectivity index (χ0n) is 10.3. The Morgan fingerprint density at radius 2 is 1.67 bits per heavy atom. The van der Waals surface area contributed by atoms with Gasteiger partial charge in [-0.3, -0.25) is 0 Å². The molecule has 0 fully saturated rings. The molecule has 1 atom stereocenters. The van der Waals surface area contributed by atoms with Gasteiger partial charge >= 0.3 is 6.18 Å². The molecule has 0 spiro atoms. The Kier molecular flexibility index (Phi) is 4.34. The van der Waals surface area contributed by atoms with Crippen LogP contribution in [0.4, 0.5) is 22.0 Å². The Balaban J connectivity index is 2.49. The van der Waals surface area contributed by atoms with E-state index in [0.717, 1.165) is 18.2 Å². The van der Waals surface area contributed by atoms with Crippen molar-refractivity contribution < 1.29 is 27.1 Å². The second-order valence-corrected chi connectivity index (χ2v) is 5.16. The molecule has 2 aromatic carbocycles.